The van der Waals surface area contributed by atoms with Gasteiger partial charge in [0.2, 0.25) is 0 Å². The monoisotopic (exact) mass is 239 g/mol. The number of hydrogen-bond acceptors (Lipinski definition) is 3. The van der Waals surface area contributed by atoms with Gasteiger partial charge in [-0.05, 0) is 37.8 Å². The summed E-state index contributed by atoms with van der Waals surface area (Å²) in [6, 6.07) is 6.12. The van der Waals surface area contributed by atoms with Crippen LogP contribution in [0.2, 0.25) is 0 Å². The Hall–Kier alpha value is -2.15. The first-order valence-electron chi connectivity index (χ1n) is 6.14. The predicted octanol–water partition coefficient (Wildman–Crippen LogP) is 2.64. The Kier molecular flexibility index (Phi) is 2.41. The minimum Gasteiger partial charge on any atom is -0.313 e. The molecule has 0 bridgehead atoms. The highest BCUT2D eigenvalue weighted by molar-refractivity contribution is 5.96. The number of carbonyl (C=O) groups excluding carboxylic acids is 1. The summed E-state index contributed by atoms with van der Waals surface area (Å²) in [6.45, 7) is 0. The Labute approximate surface area is 105 Å². The van der Waals surface area contributed by atoms with Crippen molar-refractivity contribution in [1.82, 2.24) is 9.55 Å². The lowest BCUT2D eigenvalue weighted by molar-refractivity contribution is 0.112. The van der Waals surface area contributed by atoms with Crippen molar-refractivity contribution < 1.29 is 4.79 Å². The fourth-order valence-electron chi connectivity index (χ4n) is 2.87. The molecule has 1 saturated carbocycles. The van der Waals surface area contributed by atoms with Crippen LogP contribution in [0.5, 0.6) is 0 Å². The van der Waals surface area contributed by atoms with Crippen LogP contribution in [0.3, 0.4) is 0 Å². The molecule has 3 rings (SSSR count). The first-order chi connectivity index (χ1) is 8.80. The van der Waals surface area contributed by atoms with Gasteiger partial charge in [-0.2, -0.15) is 5.26 Å². The van der Waals surface area contributed by atoms with Gasteiger partial charge in [0.25, 0.3) is 0 Å². The Morgan fingerprint density at radius 3 is 2.89 bits per heavy atom. The normalized spacial score (nSPS) is 17.7. The summed E-state index contributed by atoms with van der Waals surface area (Å²) >= 11 is 0. The summed E-state index contributed by atoms with van der Waals surface area (Å²) in [4.78, 5) is 15.5. The SMILES string of the molecule is N#CC1(n2cc(C=O)c3cccnc32)CCCC1. The van der Waals surface area contributed by atoms with Crippen LogP contribution < -0.4 is 0 Å². The second kappa shape index (κ2) is 3.95. The Morgan fingerprint density at radius 2 is 2.22 bits per heavy atom. The summed E-state index contributed by atoms with van der Waals surface area (Å²) in [5.41, 5.74) is 0.830. The van der Waals surface area contributed by atoms with Gasteiger partial charge in [0.15, 0.2) is 6.29 Å². The van der Waals surface area contributed by atoms with Gasteiger partial charge in [0.1, 0.15) is 11.2 Å². The van der Waals surface area contributed by atoms with Crippen LogP contribution in [-0.2, 0) is 5.54 Å². The smallest absolute Gasteiger partial charge is 0.152 e. The molecule has 0 radical (unpaired) electrons. The van der Waals surface area contributed by atoms with Crippen LogP contribution in [0, 0.1) is 11.3 Å². The van der Waals surface area contributed by atoms with E-state index in [-0.39, 0.29) is 0 Å². The third-order valence-corrected chi connectivity index (χ3v) is 3.82. The summed E-state index contributed by atoms with van der Waals surface area (Å²) in [7, 11) is 0. The molecule has 0 saturated heterocycles. The van der Waals surface area contributed by atoms with E-state index in [4.69, 9.17) is 0 Å². The summed E-state index contributed by atoms with van der Waals surface area (Å²) in [6.07, 6.45) is 8.09. The molecule has 4 nitrogen and oxygen atoms in total. The van der Waals surface area contributed by atoms with Gasteiger partial charge in [0, 0.05) is 23.3 Å². The molecule has 0 atom stereocenters. The van der Waals surface area contributed by atoms with Gasteiger partial charge in [-0.1, -0.05) is 0 Å². The van der Waals surface area contributed by atoms with Crippen molar-refractivity contribution in [2.24, 2.45) is 0 Å². The minimum atomic E-state index is -0.520. The zero-order valence-electron chi connectivity index (χ0n) is 9.97. The van der Waals surface area contributed by atoms with E-state index in [2.05, 4.69) is 11.1 Å². The van der Waals surface area contributed by atoms with Crippen LogP contribution in [-0.4, -0.2) is 15.8 Å². The van der Waals surface area contributed by atoms with E-state index in [1.165, 1.54) is 0 Å². The molecule has 0 aromatic carbocycles. The maximum Gasteiger partial charge on any atom is 0.152 e. The summed E-state index contributed by atoms with van der Waals surface area (Å²) < 4.78 is 1.90. The van der Waals surface area contributed by atoms with E-state index in [1.54, 1.807) is 12.4 Å². The van der Waals surface area contributed by atoms with E-state index in [0.29, 0.717) is 5.56 Å². The second-order valence-corrected chi connectivity index (χ2v) is 4.80. The molecule has 2 aromatic rings. The Balaban J connectivity index is 2.30. The molecule has 1 fully saturated rings. The maximum atomic E-state index is 11.1. The molecular formula is C14H13N3O. The van der Waals surface area contributed by atoms with Crippen LogP contribution in [0.4, 0.5) is 0 Å². The lowest BCUT2D eigenvalue weighted by Crippen LogP contribution is -2.27. The standard InChI is InChI=1S/C14H13N3O/c15-10-14(5-1-2-6-14)17-8-11(9-18)12-4-3-7-16-13(12)17/h3-4,7-9H,1-2,5-6H2. The number of nitriles is 1. The van der Waals surface area contributed by atoms with Gasteiger partial charge >= 0.3 is 0 Å². The fourth-order valence-corrected chi connectivity index (χ4v) is 2.87. The number of aldehydes is 1. The molecule has 0 spiro atoms. The first-order valence-corrected chi connectivity index (χ1v) is 6.14. The van der Waals surface area contributed by atoms with Crippen molar-refractivity contribution in [2.45, 2.75) is 31.2 Å². The molecule has 90 valence electrons. The molecule has 1 aliphatic carbocycles. The minimum absolute atomic E-state index is 0.520. The highest BCUT2D eigenvalue weighted by Crippen LogP contribution is 2.38. The molecule has 0 N–H and O–H groups in total. The van der Waals surface area contributed by atoms with Gasteiger partial charge in [0.05, 0.1) is 6.07 Å². The largest absolute Gasteiger partial charge is 0.313 e. The zero-order chi connectivity index (χ0) is 12.6. The second-order valence-electron chi connectivity index (χ2n) is 4.80. The van der Waals surface area contributed by atoms with E-state index in [1.807, 2.05) is 16.7 Å². The van der Waals surface area contributed by atoms with Crippen LogP contribution in [0.25, 0.3) is 11.0 Å². The predicted molar refractivity (Wildman–Crippen MR) is 67.2 cm³/mol. The molecule has 0 aliphatic heterocycles. The van der Waals surface area contributed by atoms with Gasteiger partial charge in [-0.15, -0.1) is 0 Å². The van der Waals surface area contributed by atoms with Crippen LogP contribution in [0.1, 0.15) is 36.0 Å². The number of nitrogens with zero attached hydrogens (tertiary/aromatic N) is 3. The number of aromatic nitrogens is 2. The van der Waals surface area contributed by atoms with Crippen molar-refractivity contribution in [3.63, 3.8) is 0 Å². The fraction of sp³-hybridized carbons (Fsp3) is 0.357. The molecule has 2 heterocycles. The lowest BCUT2D eigenvalue weighted by atomic mass is 10.00. The third-order valence-electron chi connectivity index (χ3n) is 3.82. The van der Waals surface area contributed by atoms with E-state index in [9.17, 15) is 10.1 Å². The first kappa shape index (κ1) is 11.0. The average molecular weight is 239 g/mol. The Bertz CT molecular complexity index is 645. The number of fused-ring (bicyclic) bond motifs is 1. The molecule has 0 amide bonds. The number of rotatable bonds is 2. The number of hydrogen-bond donors (Lipinski definition) is 0. The van der Waals surface area contributed by atoms with Crippen molar-refractivity contribution in [1.29, 1.82) is 5.26 Å². The van der Waals surface area contributed by atoms with Gasteiger partial charge < -0.3 is 4.57 Å². The molecule has 1 aliphatic rings. The lowest BCUT2D eigenvalue weighted by Gasteiger charge is -2.23. The molecule has 2 aromatic heterocycles. The number of pyridine rings is 1. The van der Waals surface area contributed by atoms with E-state index < -0.39 is 5.54 Å². The summed E-state index contributed by atoms with van der Waals surface area (Å²) in [5, 5.41) is 10.4. The van der Waals surface area contributed by atoms with Crippen LogP contribution >= 0.6 is 0 Å². The van der Waals surface area contributed by atoms with Crippen molar-refractivity contribution in [2.75, 3.05) is 0 Å². The Morgan fingerprint density at radius 1 is 1.44 bits per heavy atom. The third kappa shape index (κ3) is 1.37. The zero-order valence-corrected chi connectivity index (χ0v) is 9.97. The highest BCUT2D eigenvalue weighted by atomic mass is 16.1. The van der Waals surface area contributed by atoms with Crippen molar-refractivity contribution in [3.05, 3.63) is 30.1 Å². The molecular weight excluding hydrogens is 226 g/mol. The molecule has 4 heteroatoms. The van der Waals surface area contributed by atoms with Gasteiger partial charge in [-0.3, -0.25) is 4.79 Å². The average Bonchev–Trinajstić information content (AvgIpc) is 3.03. The van der Waals surface area contributed by atoms with E-state index >= 15 is 0 Å². The van der Waals surface area contributed by atoms with Crippen LogP contribution in [0.15, 0.2) is 24.5 Å². The quantitative estimate of drug-likeness (QED) is 0.757. The number of carbonyl (C=O) groups is 1. The molecule has 0 unspecified atom stereocenters. The van der Waals surface area contributed by atoms with Gasteiger partial charge in [-0.25, -0.2) is 4.98 Å². The topological polar surface area (TPSA) is 58.7 Å². The molecule has 18 heavy (non-hydrogen) atoms. The van der Waals surface area contributed by atoms with Crippen molar-refractivity contribution >= 4 is 17.3 Å². The maximum absolute atomic E-state index is 11.1. The van der Waals surface area contributed by atoms with Crippen molar-refractivity contribution in [3.8, 4) is 6.07 Å². The highest BCUT2D eigenvalue weighted by Gasteiger charge is 2.37. The van der Waals surface area contributed by atoms with E-state index in [0.717, 1.165) is 43.0 Å². The summed E-state index contributed by atoms with van der Waals surface area (Å²) in [5.74, 6) is 0.